The molecule has 0 spiro atoms. The zero-order valence-electron chi connectivity index (χ0n) is 14.4. The van der Waals surface area contributed by atoms with E-state index < -0.39 is 5.60 Å². The summed E-state index contributed by atoms with van der Waals surface area (Å²) in [7, 11) is 0. The van der Waals surface area contributed by atoms with Gasteiger partial charge in [-0.15, -0.1) is 0 Å². The van der Waals surface area contributed by atoms with Crippen molar-refractivity contribution in [2.75, 3.05) is 13.2 Å². The molecule has 0 fully saturated rings. The number of hydrogen-bond acceptors (Lipinski definition) is 5. The third kappa shape index (κ3) is 5.65. The molecule has 6 nitrogen and oxygen atoms in total. The first-order chi connectivity index (χ1) is 13.3. The fraction of sp³-hybridized carbons (Fsp3) is 0.222. The minimum absolute atomic E-state index is 0.0728. The van der Waals surface area contributed by atoms with E-state index in [0.717, 1.165) is 0 Å². The predicted molar refractivity (Wildman–Crippen MR) is 109 cm³/mol. The second-order valence-electron chi connectivity index (χ2n) is 6.04. The monoisotopic (exact) mass is 461 g/mol. The maximum absolute atomic E-state index is 11.1. The normalized spacial score (nSPS) is 11.5. The average Bonchev–Trinajstić information content (AvgIpc) is 3.13. The molecule has 1 N–H and O–H groups in total. The van der Waals surface area contributed by atoms with Gasteiger partial charge in [-0.1, -0.05) is 46.4 Å². The Bertz CT molecular complexity index is 882. The lowest BCUT2D eigenvalue weighted by Gasteiger charge is -2.28. The van der Waals surface area contributed by atoms with Gasteiger partial charge in [-0.2, -0.15) is 5.10 Å². The smallest absolute Gasteiger partial charge is 0.152 e. The molecule has 1 aromatic heterocycles. The van der Waals surface area contributed by atoms with Crippen molar-refractivity contribution in [1.82, 2.24) is 14.8 Å². The van der Waals surface area contributed by atoms with Crippen LogP contribution in [0, 0.1) is 0 Å². The molecule has 0 saturated heterocycles. The van der Waals surface area contributed by atoms with Gasteiger partial charge in [0.2, 0.25) is 0 Å². The van der Waals surface area contributed by atoms with E-state index in [1.807, 2.05) is 0 Å². The molecule has 3 aromatic rings. The standard InChI is InChI=1S/C18H15Cl4N3O3/c19-12-1-3-16(14(21)5-12)27-8-18(26,7-25-11-23-10-24-25)9-28-17-4-2-13(20)6-15(17)22/h1-6,10-11,26H,7-9H2. The van der Waals surface area contributed by atoms with E-state index >= 15 is 0 Å². The lowest BCUT2D eigenvalue weighted by molar-refractivity contribution is -0.0539. The lowest BCUT2D eigenvalue weighted by atomic mass is 10.1. The minimum atomic E-state index is -1.46. The van der Waals surface area contributed by atoms with Crippen molar-refractivity contribution >= 4 is 46.4 Å². The quantitative estimate of drug-likeness (QED) is 0.521. The largest absolute Gasteiger partial charge is 0.489 e. The molecule has 0 amide bonds. The average molecular weight is 463 g/mol. The van der Waals surface area contributed by atoms with Crippen molar-refractivity contribution in [2.45, 2.75) is 12.1 Å². The molecule has 0 saturated carbocycles. The van der Waals surface area contributed by atoms with Gasteiger partial charge < -0.3 is 14.6 Å². The number of halogens is 4. The zero-order chi connectivity index (χ0) is 20.1. The Kier molecular flexibility index (Phi) is 6.91. The summed E-state index contributed by atoms with van der Waals surface area (Å²) < 4.78 is 12.9. The molecule has 0 aliphatic rings. The Morgan fingerprint density at radius 3 is 1.86 bits per heavy atom. The molecule has 1 heterocycles. The predicted octanol–water partition coefficient (Wildman–Crippen LogP) is 4.78. The van der Waals surface area contributed by atoms with Crippen LogP contribution in [-0.4, -0.2) is 38.7 Å². The summed E-state index contributed by atoms with van der Waals surface area (Å²) in [6, 6.07) is 9.64. The Morgan fingerprint density at radius 1 is 0.893 bits per heavy atom. The molecule has 0 aliphatic carbocycles. The number of rotatable bonds is 8. The highest BCUT2D eigenvalue weighted by atomic mass is 35.5. The van der Waals surface area contributed by atoms with Crippen LogP contribution >= 0.6 is 46.4 Å². The zero-order valence-corrected chi connectivity index (χ0v) is 17.4. The van der Waals surface area contributed by atoms with Crippen LogP contribution in [0.4, 0.5) is 0 Å². The first kappa shape index (κ1) is 21.0. The summed E-state index contributed by atoms with van der Waals surface area (Å²) in [5.74, 6) is 0.764. The van der Waals surface area contributed by atoms with E-state index in [4.69, 9.17) is 55.9 Å². The Morgan fingerprint density at radius 2 is 1.43 bits per heavy atom. The SMILES string of the molecule is OC(COc1ccc(Cl)cc1Cl)(COc1ccc(Cl)cc1Cl)Cn1cncn1. The van der Waals surface area contributed by atoms with E-state index in [9.17, 15) is 5.11 Å². The van der Waals surface area contributed by atoms with Crippen molar-refractivity contribution in [3.8, 4) is 11.5 Å². The van der Waals surface area contributed by atoms with E-state index in [0.29, 0.717) is 31.6 Å². The molecule has 0 unspecified atom stereocenters. The fourth-order valence-corrected chi connectivity index (χ4v) is 3.28. The summed E-state index contributed by atoms with van der Waals surface area (Å²) in [4.78, 5) is 3.88. The molecule has 10 heteroatoms. The molecule has 2 aromatic carbocycles. The van der Waals surface area contributed by atoms with Gasteiger partial charge in [-0.25, -0.2) is 9.67 Å². The number of benzene rings is 2. The first-order valence-corrected chi connectivity index (χ1v) is 9.56. The molecule has 0 radical (unpaired) electrons. The highest BCUT2D eigenvalue weighted by molar-refractivity contribution is 6.36. The first-order valence-electron chi connectivity index (χ1n) is 8.05. The van der Waals surface area contributed by atoms with Gasteiger partial charge in [-0.05, 0) is 36.4 Å². The van der Waals surface area contributed by atoms with Crippen molar-refractivity contribution in [3.05, 3.63) is 69.1 Å². The highest BCUT2D eigenvalue weighted by Crippen LogP contribution is 2.30. The molecule has 3 rings (SSSR count). The van der Waals surface area contributed by atoms with Crippen molar-refractivity contribution in [1.29, 1.82) is 0 Å². The van der Waals surface area contributed by atoms with Crippen molar-refractivity contribution in [3.63, 3.8) is 0 Å². The second kappa shape index (κ2) is 9.20. The number of hydrogen-bond donors (Lipinski definition) is 1. The fourth-order valence-electron chi connectivity index (χ4n) is 2.36. The van der Waals surface area contributed by atoms with Crippen LogP contribution in [0.1, 0.15) is 0 Å². The molecular weight excluding hydrogens is 448 g/mol. The van der Waals surface area contributed by atoms with Crippen molar-refractivity contribution < 1.29 is 14.6 Å². The van der Waals surface area contributed by atoms with Crippen LogP contribution < -0.4 is 9.47 Å². The van der Waals surface area contributed by atoms with Gasteiger partial charge >= 0.3 is 0 Å². The van der Waals surface area contributed by atoms with Crippen LogP contribution in [0.2, 0.25) is 20.1 Å². The summed E-state index contributed by atoms with van der Waals surface area (Å²) in [6.45, 7) is -0.178. The van der Waals surface area contributed by atoms with Crippen LogP contribution in [-0.2, 0) is 6.54 Å². The molecule has 0 bridgehead atoms. The van der Waals surface area contributed by atoms with E-state index in [1.165, 1.54) is 17.3 Å². The van der Waals surface area contributed by atoms with Gasteiger partial charge in [0, 0.05) is 10.0 Å². The number of ether oxygens (including phenoxy) is 2. The highest BCUT2D eigenvalue weighted by Gasteiger charge is 2.31. The third-order valence-electron chi connectivity index (χ3n) is 3.70. The molecule has 0 atom stereocenters. The number of nitrogens with zero attached hydrogens (tertiary/aromatic N) is 3. The summed E-state index contributed by atoms with van der Waals surface area (Å²) in [5, 5.41) is 16.8. The maximum Gasteiger partial charge on any atom is 0.152 e. The maximum atomic E-state index is 11.1. The van der Waals surface area contributed by atoms with Gasteiger partial charge in [-0.3, -0.25) is 0 Å². The molecular formula is C18H15Cl4N3O3. The third-order valence-corrected chi connectivity index (χ3v) is 4.76. The Hall–Kier alpha value is -1.70. The molecule has 28 heavy (non-hydrogen) atoms. The topological polar surface area (TPSA) is 69.4 Å². The Labute approximate surface area is 181 Å². The number of aromatic nitrogens is 3. The second-order valence-corrected chi connectivity index (χ2v) is 7.73. The van der Waals surface area contributed by atoms with Crippen LogP contribution in [0.3, 0.4) is 0 Å². The summed E-state index contributed by atoms with van der Waals surface area (Å²) in [6.07, 6.45) is 2.85. The molecule has 148 valence electrons. The summed E-state index contributed by atoms with van der Waals surface area (Å²) in [5.41, 5.74) is -1.46. The van der Waals surface area contributed by atoms with E-state index in [1.54, 1.807) is 36.4 Å². The van der Waals surface area contributed by atoms with E-state index in [-0.39, 0.29) is 19.8 Å². The van der Waals surface area contributed by atoms with Crippen LogP contribution in [0.15, 0.2) is 49.1 Å². The van der Waals surface area contributed by atoms with Crippen LogP contribution in [0.5, 0.6) is 11.5 Å². The van der Waals surface area contributed by atoms with Crippen LogP contribution in [0.25, 0.3) is 0 Å². The van der Waals surface area contributed by atoms with Gasteiger partial charge in [0.05, 0.1) is 16.6 Å². The van der Waals surface area contributed by atoms with Gasteiger partial charge in [0.25, 0.3) is 0 Å². The van der Waals surface area contributed by atoms with Gasteiger partial charge in [0.15, 0.2) is 5.60 Å². The molecule has 0 aliphatic heterocycles. The summed E-state index contributed by atoms with van der Waals surface area (Å²) >= 11 is 24.1. The number of aliphatic hydroxyl groups is 1. The van der Waals surface area contributed by atoms with Gasteiger partial charge in [0.1, 0.15) is 37.4 Å². The van der Waals surface area contributed by atoms with Crippen molar-refractivity contribution in [2.24, 2.45) is 0 Å². The van der Waals surface area contributed by atoms with E-state index in [2.05, 4.69) is 10.1 Å². The lowest BCUT2D eigenvalue weighted by Crippen LogP contribution is -2.46. The minimum Gasteiger partial charge on any atom is -0.489 e. The Balaban J connectivity index is 1.74.